The summed E-state index contributed by atoms with van der Waals surface area (Å²) in [5.74, 6) is -0.492. The maximum absolute atomic E-state index is 12.5. The number of hydrogen-bond acceptors (Lipinski definition) is 6. The molecule has 0 saturated carbocycles. The minimum absolute atomic E-state index is 0.108. The van der Waals surface area contributed by atoms with Gasteiger partial charge in [0, 0.05) is 13.1 Å². The second-order valence-corrected chi connectivity index (χ2v) is 9.06. The summed E-state index contributed by atoms with van der Waals surface area (Å²) in [7, 11) is -2.66. The van der Waals surface area contributed by atoms with Gasteiger partial charge in [-0.1, -0.05) is 30.3 Å². The lowest BCUT2D eigenvalue weighted by Gasteiger charge is -2.32. The summed E-state index contributed by atoms with van der Waals surface area (Å²) in [6.45, 7) is 0.793. The molecule has 2 N–H and O–H groups in total. The molecule has 166 valence electrons. The van der Waals surface area contributed by atoms with Crippen LogP contribution < -0.4 is 9.88 Å². The molecule has 2 aromatic rings. The van der Waals surface area contributed by atoms with Crippen molar-refractivity contribution in [3.63, 3.8) is 0 Å². The number of esters is 1. The van der Waals surface area contributed by atoms with Crippen LogP contribution in [-0.2, 0) is 26.0 Å². The van der Waals surface area contributed by atoms with E-state index < -0.39 is 22.6 Å². The molecule has 9 heteroatoms. The first-order chi connectivity index (χ1) is 14.8. The van der Waals surface area contributed by atoms with Crippen LogP contribution in [0.1, 0.15) is 28.8 Å². The molecule has 0 aliphatic carbocycles. The first kappa shape index (κ1) is 22.8. The number of methoxy groups -OCH3 is 1. The van der Waals surface area contributed by atoms with E-state index in [9.17, 15) is 18.0 Å². The van der Waals surface area contributed by atoms with Crippen molar-refractivity contribution in [3.8, 4) is 5.75 Å². The number of amides is 1. The summed E-state index contributed by atoms with van der Waals surface area (Å²) in [4.78, 5) is 26.4. The summed E-state index contributed by atoms with van der Waals surface area (Å²) in [5, 5.41) is 5.12. The van der Waals surface area contributed by atoms with Crippen LogP contribution in [0.25, 0.3) is 0 Å². The van der Waals surface area contributed by atoms with Crippen LogP contribution in [0.5, 0.6) is 5.75 Å². The average Bonchev–Trinajstić information content (AvgIpc) is 2.77. The fourth-order valence-electron chi connectivity index (χ4n) is 3.65. The predicted octanol–water partition coefficient (Wildman–Crippen LogP) is 1.98. The molecular weight excluding hydrogens is 420 g/mol. The largest absolute Gasteiger partial charge is 0.496 e. The van der Waals surface area contributed by atoms with E-state index in [0.717, 1.165) is 25.3 Å². The number of rotatable bonds is 7. The van der Waals surface area contributed by atoms with Gasteiger partial charge in [0.15, 0.2) is 6.61 Å². The molecule has 0 bridgehead atoms. The highest BCUT2D eigenvalue weighted by Gasteiger charge is 2.25. The second kappa shape index (κ2) is 9.93. The molecule has 1 saturated heterocycles. The lowest BCUT2D eigenvalue weighted by atomic mass is 9.90. The minimum atomic E-state index is -4.00. The Morgan fingerprint density at radius 2 is 1.77 bits per heavy atom. The Labute approximate surface area is 182 Å². The van der Waals surface area contributed by atoms with Gasteiger partial charge in [0.05, 0.1) is 12.0 Å². The van der Waals surface area contributed by atoms with Crippen molar-refractivity contribution in [2.45, 2.75) is 24.2 Å². The minimum Gasteiger partial charge on any atom is -0.496 e. The zero-order valence-electron chi connectivity index (χ0n) is 17.3. The van der Waals surface area contributed by atoms with Crippen molar-refractivity contribution in [1.29, 1.82) is 0 Å². The van der Waals surface area contributed by atoms with Crippen LogP contribution in [0.15, 0.2) is 53.4 Å². The number of carbonyl (C=O) groups is 2. The van der Waals surface area contributed by atoms with Crippen molar-refractivity contribution in [2.75, 3.05) is 26.8 Å². The van der Waals surface area contributed by atoms with Crippen molar-refractivity contribution in [1.82, 2.24) is 4.90 Å². The van der Waals surface area contributed by atoms with Crippen LogP contribution in [0.2, 0.25) is 0 Å². The van der Waals surface area contributed by atoms with Crippen LogP contribution in [0.4, 0.5) is 0 Å². The van der Waals surface area contributed by atoms with Gasteiger partial charge in [-0.25, -0.2) is 18.4 Å². The third kappa shape index (κ3) is 6.05. The van der Waals surface area contributed by atoms with E-state index in [2.05, 4.69) is 12.1 Å². The smallest absolute Gasteiger partial charge is 0.342 e. The lowest BCUT2D eigenvalue weighted by Crippen LogP contribution is -2.41. The van der Waals surface area contributed by atoms with Gasteiger partial charge in [0.2, 0.25) is 10.0 Å². The quantitative estimate of drug-likeness (QED) is 0.650. The van der Waals surface area contributed by atoms with Gasteiger partial charge in [0.1, 0.15) is 11.3 Å². The highest BCUT2D eigenvalue weighted by molar-refractivity contribution is 7.89. The normalized spacial score (nSPS) is 14.8. The van der Waals surface area contributed by atoms with Gasteiger partial charge in [-0.05, 0) is 48.9 Å². The molecule has 0 unspecified atom stereocenters. The lowest BCUT2D eigenvalue weighted by molar-refractivity contribution is -0.135. The number of piperidine rings is 1. The molecule has 0 atom stereocenters. The fraction of sp³-hybridized carbons (Fsp3) is 0.364. The molecule has 8 nitrogen and oxygen atoms in total. The van der Waals surface area contributed by atoms with E-state index >= 15 is 0 Å². The average molecular weight is 447 g/mol. The van der Waals surface area contributed by atoms with E-state index in [1.54, 1.807) is 4.90 Å². The number of nitrogens with zero attached hydrogens (tertiary/aromatic N) is 1. The van der Waals surface area contributed by atoms with Gasteiger partial charge in [-0.2, -0.15) is 0 Å². The Morgan fingerprint density at radius 3 is 2.39 bits per heavy atom. The topological polar surface area (TPSA) is 116 Å². The Bertz CT molecular complexity index is 1030. The molecular formula is C22H26N2O6S. The number of sulfonamides is 1. The zero-order valence-corrected chi connectivity index (χ0v) is 18.1. The maximum atomic E-state index is 12.5. The standard InChI is InChI=1S/C22H26N2O6S/c1-29-20-8-7-18(31(23,27)28)14-19(20)22(26)30-15-21(25)24-11-9-17(10-12-24)13-16-5-3-2-4-6-16/h2-8,14,17H,9-13,15H2,1H3,(H2,23,27,28). The van der Waals surface area contributed by atoms with E-state index in [1.165, 1.54) is 24.8 Å². The van der Waals surface area contributed by atoms with Gasteiger partial charge in [-0.3, -0.25) is 4.79 Å². The molecule has 1 fully saturated rings. The van der Waals surface area contributed by atoms with Crippen LogP contribution in [0.3, 0.4) is 0 Å². The molecule has 1 heterocycles. The number of carbonyl (C=O) groups excluding carboxylic acids is 2. The first-order valence-electron chi connectivity index (χ1n) is 9.97. The summed E-state index contributed by atoms with van der Waals surface area (Å²) >= 11 is 0. The molecule has 0 radical (unpaired) electrons. The van der Waals surface area contributed by atoms with Gasteiger partial charge >= 0.3 is 5.97 Å². The van der Waals surface area contributed by atoms with Gasteiger partial charge in [-0.15, -0.1) is 0 Å². The molecule has 1 aliphatic heterocycles. The van der Waals surface area contributed by atoms with Crippen molar-refractivity contribution in [2.24, 2.45) is 11.1 Å². The van der Waals surface area contributed by atoms with Crippen LogP contribution in [0, 0.1) is 5.92 Å². The van der Waals surface area contributed by atoms with E-state index in [4.69, 9.17) is 14.6 Å². The van der Waals surface area contributed by atoms with Crippen molar-refractivity contribution in [3.05, 3.63) is 59.7 Å². The third-order valence-electron chi connectivity index (χ3n) is 5.38. The number of nitrogens with two attached hydrogens (primary N) is 1. The van der Waals surface area contributed by atoms with Gasteiger partial charge in [0.25, 0.3) is 5.91 Å². The van der Waals surface area contributed by atoms with E-state index in [-0.39, 0.29) is 22.1 Å². The first-order valence-corrected chi connectivity index (χ1v) is 11.5. The molecule has 0 aromatic heterocycles. The van der Waals surface area contributed by atoms with Gasteiger partial charge < -0.3 is 14.4 Å². The Hall–Kier alpha value is -2.91. The number of likely N-dealkylation sites (tertiary alicyclic amines) is 1. The highest BCUT2D eigenvalue weighted by atomic mass is 32.2. The van der Waals surface area contributed by atoms with Crippen molar-refractivity contribution >= 4 is 21.9 Å². The number of benzene rings is 2. The molecule has 3 rings (SSSR count). The van der Waals surface area contributed by atoms with Crippen LogP contribution >= 0.6 is 0 Å². The highest BCUT2D eigenvalue weighted by Crippen LogP contribution is 2.24. The molecule has 2 aromatic carbocycles. The third-order valence-corrected chi connectivity index (χ3v) is 6.29. The SMILES string of the molecule is COc1ccc(S(N)(=O)=O)cc1C(=O)OCC(=O)N1CCC(Cc2ccccc2)CC1. The monoisotopic (exact) mass is 446 g/mol. The summed E-state index contributed by atoms with van der Waals surface area (Å²) in [6.07, 6.45) is 2.76. The fourth-order valence-corrected chi connectivity index (χ4v) is 4.19. The zero-order chi connectivity index (χ0) is 22.4. The Morgan fingerprint density at radius 1 is 1.10 bits per heavy atom. The summed E-state index contributed by atoms with van der Waals surface area (Å²) in [6, 6.07) is 13.9. The second-order valence-electron chi connectivity index (χ2n) is 7.50. The number of primary sulfonamides is 1. The number of hydrogen-bond donors (Lipinski definition) is 1. The molecule has 31 heavy (non-hydrogen) atoms. The Balaban J connectivity index is 1.53. The molecule has 0 spiro atoms. The Kier molecular flexibility index (Phi) is 7.29. The van der Waals surface area contributed by atoms with Crippen LogP contribution in [-0.4, -0.2) is 52.0 Å². The summed E-state index contributed by atoms with van der Waals surface area (Å²) in [5.41, 5.74) is 1.18. The summed E-state index contributed by atoms with van der Waals surface area (Å²) < 4.78 is 33.3. The van der Waals surface area contributed by atoms with E-state index in [1.807, 2.05) is 18.2 Å². The molecule has 1 amide bonds. The van der Waals surface area contributed by atoms with Crippen molar-refractivity contribution < 1.29 is 27.5 Å². The predicted molar refractivity (Wildman–Crippen MR) is 114 cm³/mol. The maximum Gasteiger partial charge on any atom is 0.342 e. The number of ether oxygens (including phenoxy) is 2. The molecule has 1 aliphatic rings. The van der Waals surface area contributed by atoms with E-state index in [0.29, 0.717) is 19.0 Å².